The van der Waals surface area contributed by atoms with E-state index >= 15 is 0 Å². The first-order valence-electron chi connectivity index (χ1n) is 8.70. The van der Waals surface area contributed by atoms with E-state index in [0.29, 0.717) is 10.9 Å². The molecule has 0 saturated carbocycles. The minimum absolute atomic E-state index is 0.0195. The smallest absolute Gasteiger partial charge is 0.451 e. The Bertz CT molecular complexity index is 1170. The lowest BCUT2D eigenvalue weighted by molar-refractivity contribution is -0.385. The number of amides is 1. The van der Waals surface area contributed by atoms with Crippen molar-refractivity contribution in [1.29, 1.82) is 0 Å². The quantitative estimate of drug-likeness (QED) is 0.252. The minimum Gasteiger partial charge on any atom is -0.490 e. The molecule has 8 nitrogen and oxygen atoms in total. The maximum atomic E-state index is 13.1. The van der Waals surface area contributed by atoms with E-state index in [2.05, 4.69) is 15.3 Å². The molecule has 1 aromatic heterocycles. The number of rotatable bonds is 6. The Morgan fingerprint density at radius 3 is 2.61 bits per heavy atom. The minimum atomic E-state index is -4.73. The van der Waals surface area contributed by atoms with Crippen LogP contribution in [0.5, 0.6) is 5.75 Å². The number of anilines is 1. The van der Waals surface area contributed by atoms with Gasteiger partial charge in [0, 0.05) is 23.2 Å². The average Bonchev–Trinajstić information content (AvgIpc) is 2.72. The summed E-state index contributed by atoms with van der Waals surface area (Å²) in [5.41, 5.74) is 0.581. The Labute approximate surface area is 178 Å². The predicted molar refractivity (Wildman–Crippen MR) is 108 cm³/mol. The monoisotopic (exact) mass is 452 g/mol. The molecule has 0 atom stereocenters. The fourth-order valence-electron chi connectivity index (χ4n) is 2.72. The molecule has 2 aromatic carbocycles. The zero-order chi connectivity index (χ0) is 22.8. The van der Waals surface area contributed by atoms with Crippen molar-refractivity contribution in [1.82, 2.24) is 9.97 Å². The number of fused-ring (bicyclic) bond motifs is 1. The molecule has 0 aliphatic carbocycles. The Morgan fingerprint density at radius 2 is 1.97 bits per heavy atom. The molecule has 162 valence electrons. The number of halogens is 3. The van der Waals surface area contributed by atoms with E-state index in [4.69, 9.17) is 4.74 Å². The van der Waals surface area contributed by atoms with Crippen LogP contribution in [0.25, 0.3) is 10.9 Å². The summed E-state index contributed by atoms with van der Waals surface area (Å²) in [5, 5.41) is 14.1. The van der Waals surface area contributed by atoms with Crippen molar-refractivity contribution in [3.05, 3.63) is 57.9 Å². The lowest BCUT2D eigenvalue weighted by Gasteiger charge is -2.12. The third kappa shape index (κ3) is 5.02. The molecule has 0 saturated heterocycles. The summed E-state index contributed by atoms with van der Waals surface area (Å²) < 4.78 is 44.3. The number of carbonyl (C=O) groups excluding carboxylic acids is 1. The summed E-state index contributed by atoms with van der Waals surface area (Å²) in [4.78, 5) is 30.0. The highest BCUT2D eigenvalue weighted by atomic mass is 32.2. The van der Waals surface area contributed by atoms with E-state index in [1.807, 2.05) is 0 Å². The van der Waals surface area contributed by atoms with E-state index in [1.54, 1.807) is 25.1 Å². The lowest BCUT2D eigenvalue weighted by Crippen LogP contribution is -2.16. The fraction of sp³-hybridized carbons (Fsp3) is 0.211. The topological polar surface area (TPSA) is 107 Å². The molecule has 0 unspecified atom stereocenters. The van der Waals surface area contributed by atoms with Gasteiger partial charge in [0.15, 0.2) is 5.75 Å². The summed E-state index contributed by atoms with van der Waals surface area (Å²) in [6.45, 7) is 1.57. The molecule has 1 N–H and O–H groups in total. The molecule has 0 fully saturated rings. The number of aromatic nitrogens is 2. The van der Waals surface area contributed by atoms with E-state index in [-0.39, 0.29) is 33.4 Å². The molecular weight excluding hydrogens is 437 g/mol. The number of nitrogens with one attached hydrogen (secondary N) is 1. The van der Waals surface area contributed by atoms with Crippen molar-refractivity contribution in [2.24, 2.45) is 0 Å². The number of thioether (sulfide) groups is 1. The zero-order valence-electron chi connectivity index (χ0n) is 16.2. The van der Waals surface area contributed by atoms with Gasteiger partial charge in [0.2, 0.25) is 11.7 Å². The van der Waals surface area contributed by atoms with E-state index in [0.717, 1.165) is 11.8 Å². The highest BCUT2D eigenvalue weighted by Crippen LogP contribution is 2.34. The van der Waals surface area contributed by atoms with E-state index in [9.17, 15) is 28.1 Å². The van der Waals surface area contributed by atoms with E-state index in [1.165, 1.54) is 25.3 Å². The van der Waals surface area contributed by atoms with Crippen LogP contribution in [0.2, 0.25) is 0 Å². The summed E-state index contributed by atoms with van der Waals surface area (Å²) >= 11 is 0.829. The van der Waals surface area contributed by atoms with E-state index < -0.39 is 22.8 Å². The number of methoxy groups -OCH3 is 1. The van der Waals surface area contributed by atoms with Crippen molar-refractivity contribution in [2.45, 2.75) is 18.1 Å². The van der Waals surface area contributed by atoms with Crippen molar-refractivity contribution < 1.29 is 27.6 Å². The number of benzene rings is 2. The van der Waals surface area contributed by atoms with Crippen LogP contribution in [-0.2, 0) is 11.0 Å². The van der Waals surface area contributed by atoms with Gasteiger partial charge in [-0.3, -0.25) is 14.9 Å². The Kier molecular flexibility index (Phi) is 6.29. The number of aryl methyl sites for hydroxylation is 1. The van der Waals surface area contributed by atoms with Gasteiger partial charge in [-0.05, 0) is 18.6 Å². The van der Waals surface area contributed by atoms with Crippen molar-refractivity contribution in [3.8, 4) is 5.75 Å². The molecule has 0 aliphatic rings. The fourth-order valence-corrected chi connectivity index (χ4v) is 3.54. The molecule has 0 aliphatic heterocycles. The van der Waals surface area contributed by atoms with Crippen LogP contribution in [0.3, 0.4) is 0 Å². The maximum Gasteiger partial charge on any atom is 0.451 e. The first kappa shape index (κ1) is 22.3. The SMILES string of the molecule is COc1cc(NC(=O)CSc2nc(C(F)(F)F)nc3ccccc23)c(C)cc1[N+](=O)[O-]. The first-order chi connectivity index (χ1) is 14.6. The van der Waals surface area contributed by atoms with Gasteiger partial charge in [-0.2, -0.15) is 13.2 Å². The van der Waals surface area contributed by atoms with Gasteiger partial charge in [0.05, 0.1) is 23.3 Å². The molecule has 1 heterocycles. The molecule has 1 amide bonds. The van der Waals surface area contributed by atoms with Gasteiger partial charge >= 0.3 is 11.9 Å². The van der Waals surface area contributed by atoms with Crippen LogP contribution in [0.1, 0.15) is 11.4 Å². The third-order valence-electron chi connectivity index (χ3n) is 4.16. The molecule has 12 heteroatoms. The molecule has 3 rings (SSSR count). The Balaban J connectivity index is 1.82. The summed E-state index contributed by atoms with van der Waals surface area (Å²) in [5.74, 6) is -2.09. The van der Waals surface area contributed by atoms with Crippen molar-refractivity contribution >= 4 is 39.9 Å². The lowest BCUT2D eigenvalue weighted by atomic mass is 10.1. The van der Waals surface area contributed by atoms with Crippen LogP contribution in [0, 0.1) is 17.0 Å². The standard InChI is InChI=1S/C19H15F3N4O4S/c1-10-7-14(26(28)29)15(30-2)8-13(10)23-16(27)9-31-17-11-5-3-4-6-12(11)24-18(25-17)19(20,21)22/h3-8H,9H2,1-2H3,(H,23,27). The largest absolute Gasteiger partial charge is 0.490 e. The zero-order valence-corrected chi connectivity index (χ0v) is 17.0. The van der Waals surface area contributed by atoms with Gasteiger partial charge in [-0.1, -0.05) is 30.0 Å². The number of nitro benzene ring substituents is 1. The number of carbonyl (C=O) groups is 1. The number of alkyl halides is 3. The molecule has 3 aromatic rings. The van der Waals surface area contributed by atoms with Gasteiger partial charge in [-0.25, -0.2) is 9.97 Å². The Morgan fingerprint density at radius 1 is 1.26 bits per heavy atom. The number of ether oxygens (including phenoxy) is 1. The summed E-state index contributed by atoms with van der Waals surface area (Å²) in [6.07, 6.45) is -4.73. The molecule has 31 heavy (non-hydrogen) atoms. The number of para-hydroxylation sites is 1. The van der Waals surface area contributed by atoms with Crippen LogP contribution >= 0.6 is 11.8 Å². The number of nitro groups is 1. The van der Waals surface area contributed by atoms with Crippen LogP contribution in [-0.4, -0.2) is 33.7 Å². The Hall–Kier alpha value is -3.41. The van der Waals surface area contributed by atoms with Gasteiger partial charge < -0.3 is 10.1 Å². The maximum absolute atomic E-state index is 13.1. The van der Waals surface area contributed by atoms with Gasteiger partial charge in [-0.15, -0.1) is 0 Å². The van der Waals surface area contributed by atoms with Crippen molar-refractivity contribution in [3.63, 3.8) is 0 Å². The second kappa shape index (κ2) is 8.76. The number of hydrogen-bond donors (Lipinski definition) is 1. The highest BCUT2D eigenvalue weighted by Gasteiger charge is 2.35. The van der Waals surface area contributed by atoms with Gasteiger partial charge in [0.25, 0.3) is 0 Å². The summed E-state index contributed by atoms with van der Waals surface area (Å²) in [6, 6.07) is 8.77. The van der Waals surface area contributed by atoms with Crippen LogP contribution in [0.15, 0.2) is 41.4 Å². The normalized spacial score (nSPS) is 11.4. The molecule has 0 bridgehead atoms. The molecular formula is C19H15F3N4O4S. The number of hydrogen-bond acceptors (Lipinski definition) is 7. The summed E-state index contributed by atoms with van der Waals surface area (Å²) in [7, 11) is 1.26. The predicted octanol–water partition coefficient (Wildman–Crippen LogP) is 4.60. The van der Waals surface area contributed by atoms with Crippen molar-refractivity contribution in [2.75, 3.05) is 18.2 Å². The van der Waals surface area contributed by atoms with Crippen LogP contribution in [0.4, 0.5) is 24.5 Å². The van der Waals surface area contributed by atoms with Gasteiger partial charge in [0.1, 0.15) is 5.03 Å². The second-order valence-corrected chi connectivity index (χ2v) is 7.26. The number of nitrogens with zero attached hydrogens (tertiary/aromatic N) is 3. The first-order valence-corrected chi connectivity index (χ1v) is 9.68. The second-order valence-electron chi connectivity index (χ2n) is 6.30. The molecule has 0 spiro atoms. The average molecular weight is 452 g/mol. The molecule has 0 radical (unpaired) electrons. The third-order valence-corrected chi connectivity index (χ3v) is 5.15. The highest BCUT2D eigenvalue weighted by molar-refractivity contribution is 8.00. The van der Waals surface area contributed by atoms with Crippen LogP contribution < -0.4 is 10.1 Å².